The van der Waals surface area contributed by atoms with E-state index >= 15 is 0 Å². The van der Waals surface area contributed by atoms with Crippen LogP contribution in [0.4, 0.5) is 9.59 Å². The van der Waals surface area contributed by atoms with Gasteiger partial charge in [0.1, 0.15) is 17.2 Å². The van der Waals surface area contributed by atoms with E-state index in [0.29, 0.717) is 12.0 Å². The molecule has 3 rings (SSSR count). The predicted octanol–water partition coefficient (Wildman–Crippen LogP) is 1.48. The van der Waals surface area contributed by atoms with E-state index in [4.69, 9.17) is 19.0 Å². The van der Waals surface area contributed by atoms with Crippen molar-refractivity contribution in [3.8, 4) is 0 Å². The molecule has 0 radical (unpaired) electrons. The number of nitrogens with one attached hydrogen (secondary N) is 1. The highest BCUT2D eigenvalue weighted by atomic mass is 32.2. The van der Waals surface area contributed by atoms with Crippen LogP contribution < -0.4 is 4.72 Å². The van der Waals surface area contributed by atoms with Crippen LogP contribution in [0.1, 0.15) is 48.0 Å². The maximum Gasteiger partial charge on any atom is 0.528 e. The van der Waals surface area contributed by atoms with E-state index < -0.39 is 51.5 Å². The predicted molar refractivity (Wildman–Crippen MR) is 114 cm³/mol. The molecule has 0 bridgehead atoms. The van der Waals surface area contributed by atoms with Gasteiger partial charge in [-0.15, -0.1) is 5.06 Å². The molecule has 0 aromatic rings. The number of nitrogens with zero attached hydrogens (tertiary/aromatic N) is 2. The van der Waals surface area contributed by atoms with Gasteiger partial charge in [-0.2, -0.15) is 0 Å². The summed E-state index contributed by atoms with van der Waals surface area (Å²) in [6, 6.07) is -1.29. The second-order valence-corrected chi connectivity index (χ2v) is 12.1. The average molecular weight is 490 g/mol. The maximum absolute atomic E-state index is 13.0. The Morgan fingerprint density at radius 2 is 1.64 bits per heavy atom. The van der Waals surface area contributed by atoms with Crippen molar-refractivity contribution in [2.75, 3.05) is 19.3 Å². The van der Waals surface area contributed by atoms with E-state index in [1.54, 1.807) is 41.5 Å². The molecule has 0 aromatic heterocycles. The first kappa shape index (κ1) is 25.2. The number of hydrogen-bond donors (Lipinski definition) is 1. The number of hydrogen-bond acceptors (Lipinski definition) is 10. The molecule has 3 atom stereocenters. The zero-order valence-electron chi connectivity index (χ0n) is 19.8. The van der Waals surface area contributed by atoms with Gasteiger partial charge >= 0.3 is 12.3 Å². The van der Waals surface area contributed by atoms with Gasteiger partial charge in [-0.1, -0.05) is 0 Å². The summed E-state index contributed by atoms with van der Waals surface area (Å²) in [5.74, 6) is -0.783. The molecule has 3 aliphatic heterocycles. The minimum atomic E-state index is -3.55. The maximum atomic E-state index is 13.0. The molecule has 0 saturated carbocycles. The first-order valence-electron chi connectivity index (χ1n) is 10.6. The summed E-state index contributed by atoms with van der Waals surface area (Å²) in [6.07, 6.45) is -0.499. The molecule has 3 heterocycles. The number of ether oxygens (including phenoxy) is 3. The molecule has 0 spiro atoms. The molecule has 1 N–H and O–H groups in total. The third-order valence-electron chi connectivity index (χ3n) is 5.11. The number of rotatable bonds is 5. The van der Waals surface area contributed by atoms with Crippen LogP contribution in [-0.4, -0.2) is 79.2 Å². The Morgan fingerprint density at radius 3 is 2.18 bits per heavy atom. The van der Waals surface area contributed by atoms with Gasteiger partial charge in [0, 0.05) is 24.6 Å². The minimum absolute atomic E-state index is 0.0456. The van der Waals surface area contributed by atoms with Crippen molar-refractivity contribution in [3.63, 3.8) is 0 Å². The third kappa shape index (κ3) is 5.76. The fourth-order valence-electron chi connectivity index (χ4n) is 4.04. The van der Waals surface area contributed by atoms with Gasteiger partial charge in [0.2, 0.25) is 15.9 Å². The Balaban J connectivity index is 1.82. The Kier molecular flexibility index (Phi) is 6.46. The monoisotopic (exact) mass is 489 g/mol. The van der Waals surface area contributed by atoms with Crippen molar-refractivity contribution in [1.29, 1.82) is 0 Å². The molecule has 1 unspecified atom stereocenters. The quantitative estimate of drug-likeness (QED) is 0.446. The van der Waals surface area contributed by atoms with Gasteiger partial charge in [0.25, 0.3) is 5.91 Å². The molecule has 0 aliphatic carbocycles. The second kappa shape index (κ2) is 8.44. The molecule has 1 amide bonds. The van der Waals surface area contributed by atoms with E-state index in [-0.39, 0.29) is 24.9 Å². The smallest absolute Gasteiger partial charge is 0.428 e. The fraction of sp³-hybridized carbons (Fsp3) is 0.750. The summed E-state index contributed by atoms with van der Waals surface area (Å²) >= 11 is 0. The molecule has 3 aliphatic rings. The summed E-state index contributed by atoms with van der Waals surface area (Å²) in [7, 11) is -3.55. The lowest BCUT2D eigenvalue weighted by Crippen LogP contribution is -2.72. The molecule has 0 aromatic carbocycles. The molecule has 13 heteroatoms. The van der Waals surface area contributed by atoms with Gasteiger partial charge in [0.15, 0.2) is 0 Å². The highest BCUT2D eigenvalue weighted by Crippen LogP contribution is 2.49. The van der Waals surface area contributed by atoms with Gasteiger partial charge in [0.05, 0.1) is 12.3 Å². The second-order valence-electron chi connectivity index (χ2n) is 10.2. The van der Waals surface area contributed by atoms with Crippen molar-refractivity contribution >= 4 is 28.2 Å². The summed E-state index contributed by atoms with van der Waals surface area (Å²) < 4.78 is 41.5. The summed E-state index contributed by atoms with van der Waals surface area (Å²) in [5, 5.41) is 1.27. The lowest BCUT2D eigenvalue weighted by Gasteiger charge is -2.51. The van der Waals surface area contributed by atoms with E-state index in [1.165, 1.54) is 9.96 Å². The number of β-lactam (4-membered cyclic amide) rings is 1. The summed E-state index contributed by atoms with van der Waals surface area (Å²) in [5.41, 5.74) is -1.13. The van der Waals surface area contributed by atoms with Crippen molar-refractivity contribution in [1.82, 2.24) is 14.7 Å². The molecule has 33 heavy (non-hydrogen) atoms. The van der Waals surface area contributed by atoms with E-state index in [0.717, 1.165) is 6.26 Å². The number of hydroxylamine groups is 2. The summed E-state index contributed by atoms with van der Waals surface area (Å²) in [4.78, 5) is 44.0. The van der Waals surface area contributed by atoms with Gasteiger partial charge in [-0.25, -0.2) is 22.7 Å². The van der Waals surface area contributed by atoms with Crippen LogP contribution in [0.5, 0.6) is 0 Å². The lowest BCUT2D eigenvalue weighted by molar-refractivity contribution is -0.223. The Labute approximate surface area is 193 Å². The number of carbonyl (C=O) groups excluding carboxylic acids is 3. The van der Waals surface area contributed by atoms with Crippen LogP contribution in [0.3, 0.4) is 0 Å². The lowest BCUT2D eigenvalue weighted by atomic mass is 9.79. The third-order valence-corrected chi connectivity index (χ3v) is 5.78. The van der Waals surface area contributed by atoms with Crippen molar-refractivity contribution < 1.29 is 41.8 Å². The van der Waals surface area contributed by atoms with E-state index in [1.807, 2.05) is 0 Å². The number of carbonyl (C=O) groups is 3. The first-order valence-corrected chi connectivity index (χ1v) is 12.5. The van der Waals surface area contributed by atoms with Gasteiger partial charge < -0.3 is 19.0 Å². The highest BCUT2D eigenvalue weighted by molar-refractivity contribution is 7.88. The van der Waals surface area contributed by atoms with E-state index in [9.17, 15) is 22.8 Å². The van der Waals surface area contributed by atoms with Crippen LogP contribution in [-0.2, 0) is 33.9 Å². The fourth-order valence-corrected chi connectivity index (χ4v) is 4.46. The first-order chi connectivity index (χ1) is 15.0. The molecule has 2 fully saturated rings. The molecule has 2 saturated heterocycles. The van der Waals surface area contributed by atoms with Crippen molar-refractivity contribution in [3.05, 3.63) is 11.5 Å². The average Bonchev–Trinajstić information content (AvgIpc) is 2.86. The van der Waals surface area contributed by atoms with Gasteiger partial charge in [-0.3, -0.25) is 9.69 Å². The molecular formula is C20H31N3O9S. The van der Waals surface area contributed by atoms with Crippen LogP contribution >= 0.6 is 0 Å². The number of piperidine rings is 1. The molecule has 12 nitrogen and oxygen atoms in total. The number of amides is 1. The van der Waals surface area contributed by atoms with Crippen molar-refractivity contribution in [2.45, 2.75) is 71.2 Å². The summed E-state index contributed by atoms with van der Waals surface area (Å²) in [6.45, 7) is 10.2. The zero-order chi connectivity index (χ0) is 24.9. The van der Waals surface area contributed by atoms with Crippen LogP contribution in [0.2, 0.25) is 0 Å². The molecular weight excluding hydrogens is 458 g/mol. The zero-order valence-corrected chi connectivity index (χ0v) is 20.6. The normalized spacial score (nSPS) is 25.4. The Bertz CT molecular complexity index is 978. The van der Waals surface area contributed by atoms with Crippen molar-refractivity contribution in [2.24, 2.45) is 5.92 Å². The van der Waals surface area contributed by atoms with Gasteiger partial charge in [-0.05, 0) is 48.0 Å². The minimum Gasteiger partial charge on any atom is -0.428 e. The largest absolute Gasteiger partial charge is 0.528 e. The standard InChI is InChI=1S/C20H31N3O9S/c1-19(2,3)30-17(25)29-16-12(10-21-33(7,27)28)11-8-9-22(14-13(11)23(16)15(14)24)32-18(26)31-20(4,5)6/h11,13-14,21H,8-10H2,1-7H3/t11?,13-,14+/m1/s1. The van der Waals surface area contributed by atoms with E-state index in [2.05, 4.69) is 4.72 Å². The SMILES string of the molecule is CC(C)(C)OC(=O)OC1=C(CNS(C)(=O)=O)C2CCN(OC(=O)OC(C)(C)C)[C@@H]3C(=O)N1[C@H]23. The highest BCUT2D eigenvalue weighted by Gasteiger charge is 2.64. The number of sulfonamides is 1. The Morgan fingerprint density at radius 1 is 1.06 bits per heavy atom. The topological polar surface area (TPSA) is 141 Å². The van der Waals surface area contributed by atoms with Crippen LogP contribution in [0.25, 0.3) is 0 Å². The van der Waals surface area contributed by atoms with Crippen LogP contribution in [0.15, 0.2) is 11.5 Å². The molecule has 186 valence electrons. The Hall–Kier alpha value is -2.38. The van der Waals surface area contributed by atoms with Crippen LogP contribution in [0, 0.1) is 5.92 Å².